The number of aromatic nitrogens is 2. The fourth-order valence-electron chi connectivity index (χ4n) is 3.99. The molecular weight excluding hydrogens is 472 g/mol. The van der Waals surface area contributed by atoms with Gasteiger partial charge in [-0.15, -0.1) is 0 Å². The molecule has 0 atom stereocenters. The molecule has 0 unspecified atom stereocenters. The number of rotatable bonds is 8. The van der Waals surface area contributed by atoms with E-state index in [-0.39, 0.29) is 37.7 Å². The molecular formula is C25H25ClN4O5. The summed E-state index contributed by atoms with van der Waals surface area (Å²) < 4.78 is 11.7. The number of aromatic amines is 1. The Kier molecular flexibility index (Phi) is 7.09. The van der Waals surface area contributed by atoms with Crippen LogP contribution in [0.15, 0.2) is 67.3 Å². The molecule has 0 saturated heterocycles. The third-order valence-corrected chi connectivity index (χ3v) is 6.14. The zero-order valence-corrected chi connectivity index (χ0v) is 20.1. The van der Waals surface area contributed by atoms with Crippen molar-refractivity contribution < 1.29 is 9.15 Å². The summed E-state index contributed by atoms with van der Waals surface area (Å²) in [6.45, 7) is 2.64. The molecule has 2 aromatic carbocycles. The largest absolute Gasteiger partial charge is 0.423 e. The van der Waals surface area contributed by atoms with Crippen LogP contribution in [0.3, 0.4) is 0 Å². The van der Waals surface area contributed by atoms with E-state index < -0.39 is 16.9 Å². The molecule has 2 aromatic heterocycles. The highest BCUT2D eigenvalue weighted by Crippen LogP contribution is 2.28. The lowest BCUT2D eigenvalue weighted by molar-refractivity contribution is 0.186. The van der Waals surface area contributed by atoms with Crippen molar-refractivity contribution in [2.45, 2.75) is 26.6 Å². The van der Waals surface area contributed by atoms with Crippen LogP contribution in [0, 0.1) is 6.92 Å². The molecule has 182 valence electrons. The maximum Gasteiger partial charge on any atom is 0.336 e. The number of fused-ring (bicyclic) bond motifs is 1. The van der Waals surface area contributed by atoms with Crippen molar-refractivity contribution in [3.05, 3.63) is 102 Å². The predicted molar refractivity (Wildman–Crippen MR) is 136 cm³/mol. The Bertz CT molecular complexity index is 1540. The van der Waals surface area contributed by atoms with Crippen molar-refractivity contribution in [2.24, 2.45) is 0 Å². The topological polar surface area (TPSA) is 124 Å². The van der Waals surface area contributed by atoms with Gasteiger partial charge >= 0.3 is 11.3 Å². The highest BCUT2D eigenvalue weighted by molar-refractivity contribution is 6.32. The van der Waals surface area contributed by atoms with E-state index in [9.17, 15) is 14.4 Å². The number of halogens is 1. The van der Waals surface area contributed by atoms with Gasteiger partial charge in [-0.25, -0.2) is 9.59 Å². The normalized spacial score (nSPS) is 11.2. The molecule has 0 bridgehead atoms. The standard InChI is InChI=1S/C25H25ClN4O5/c1-15-10-20-18(12-19(15)26)17(11-21(31)35-20)14-29(13-16-6-4-3-5-7-16)22-23(27)30(8-9-34-2)25(33)28-24(22)32/h3-7,10-12H,8-9,13-14,27H2,1-2H3,(H,28,32,33). The second kappa shape index (κ2) is 10.2. The lowest BCUT2D eigenvalue weighted by atomic mass is 10.1. The number of H-pyrrole nitrogens is 1. The van der Waals surface area contributed by atoms with Crippen molar-refractivity contribution in [1.82, 2.24) is 9.55 Å². The molecule has 0 aliphatic rings. The first kappa shape index (κ1) is 24.3. The van der Waals surface area contributed by atoms with Crippen LogP contribution in [0.1, 0.15) is 16.7 Å². The van der Waals surface area contributed by atoms with Gasteiger partial charge < -0.3 is 19.8 Å². The summed E-state index contributed by atoms with van der Waals surface area (Å²) >= 11 is 6.36. The summed E-state index contributed by atoms with van der Waals surface area (Å²) in [5.74, 6) is 0.00730. The van der Waals surface area contributed by atoms with Crippen molar-refractivity contribution in [2.75, 3.05) is 24.4 Å². The molecule has 0 saturated carbocycles. The Labute approximate surface area is 205 Å². The highest BCUT2D eigenvalue weighted by Gasteiger charge is 2.21. The average Bonchev–Trinajstić information content (AvgIpc) is 2.80. The zero-order valence-electron chi connectivity index (χ0n) is 19.3. The fraction of sp³-hybridized carbons (Fsp3) is 0.240. The number of anilines is 2. The van der Waals surface area contributed by atoms with E-state index >= 15 is 0 Å². The summed E-state index contributed by atoms with van der Waals surface area (Å²) in [5, 5.41) is 1.16. The maximum atomic E-state index is 13.0. The summed E-state index contributed by atoms with van der Waals surface area (Å²) in [7, 11) is 1.51. The Balaban J connectivity index is 1.89. The number of hydrogen-bond donors (Lipinski definition) is 2. The molecule has 10 heteroatoms. The van der Waals surface area contributed by atoms with E-state index in [0.29, 0.717) is 21.6 Å². The lowest BCUT2D eigenvalue weighted by Gasteiger charge is -2.27. The number of aryl methyl sites for hydroxylation is 1. The Morgan fingerprint density at radius 1 is 1.11 bits per heavy atom. The van der Waals surface area contributed by atoms with Crippen LogP contribution in [0.25, 0.3) is 11.0 Å². The number of nitrogen functional groups attached to an aromatic ring is 1. The van der Waals surface area contributed by atoms with Crippen molar-refractivity contribution in [3.8, 4) is 0 Å². The van der Waals surface area contributed by atoms with Crippen LogP contribution in [0.4, 0.5) is 11.5 Å². The average molecular weight is 497 g/mol. The van der Waals surface area contributed by atoms with Gasteiger partial charge in [-0.05, 0) is 35.7 Å². The number of nitrogens with one attached hydrogen (secondary N) is 1. The fourth-order valence-corrected chi connectivity index (χ4v) is 4.15. The van der Waals surface area contributed by atoms with Crippen LogP contribution in [-0.2, 0) is 24.4 Å². The molecule has 9 nitrogen and oxygen atoms in total. The lowest BCUT2D eigenvalue weighted by Crippen LogP contribution is -2.38. The third kappa shape index (κ3) is 5.16. The van der Waals surface area contributed by atoms with Gasteiger partial charge in [-0.2, -0.15) is 0 Å². The van der Waals surface area contributed by atoms with Gasteiger partial charge in [-0.3, -0.25) is 14.3 Å². The van der Waals surface area contributed by atoms with Crippen LogP contribution in [0.5, 0.6) is 0 Å². The van der Waals surface area contributed by atoms with E-state index in [0.717, 1.165) is 11.1 Å². The molecule has 0 fully saturated rings. The smallest absolute Gasteiger partial charge is 0.336 e. The van der Waals surface area contributed by atoms with Crippen LogP contribution in [0.2, 0.25) is 5.02 Å². The maximum absolute atomic E-state index is 13.0. The first-order valence-electron chi connectivity index (χ1n) is 10.9. The van der Waals surface area contributed by atoms with Gasteiger partial charge in [0.15, 0.2) is 0 Å². The Morgan fingerprint density at radius 2 is 1.86 bits per heavy atom. The first-order valence-corrected chi connectivity index (χ1v) is 11.3. The minimum atomic E-state index is -0.627. The summed E-state index contributed by atoms with van der Waals surface area (Å²) in [4.78, 5) is 41.9. The summed E-state index contributed by atoms with van der Waals surface area (Å²) in [6.07, 6.45) is 0. The van der Waals surface area contributed by atoms with E-state index in [2.05, 4.69) is 4.98 Å². The van der Waals surface area contributed by atoms with Gasteiger partial charge in [0.05, 0.1) is 13.2 Å². The second-order valence-corrected chi connectivity index (χ2v) is 8.57. The van der Waals surface area contributed by atoms with Gasteiger partial charge in [0.25, 0.3) is 5.56 Å². The summed E-state index contributed by atoms with van der Waals surface area (Å²) in [6, 6.07) is 14.3. The molecule has 2 heterocycles. The molecule has 4 aromatic rings. The monoisotopic (exact) mass is 496 g/mol. The molecule has 0 amide bonds. The number of benzene rings is 2. The highest BCUT2D eigenvalue weighted by atomic mass is 35.5. The van der Waals surface area contributed by atoms with Gasteiger partial charge in [0.2, 0.25) is 0 Å². The first-order chi connectivity index (χ1) is 16.8. The van der Waals surface area contributed by atoms with E-state index in [1.807, 2.05) is 37.3 Å². The van der Waals surface area contributed by atoms with E-state index in [4.69, 9.17) is 26.5 Å². The van der Waals surface area contributed by atoms with E-state index in [1.54, 1.807) is 17.0 Å². The quantitative estimate of drug-likeness (QED) is 0.359. The molecule has 0 spiro atoms. The van der Waals surface area contributed by atoms with Crippen molar-refractivity contribution in [3.63, 3.8) is 0 Å². The minimum absolute atomic E-state index is 0.00730. The van der Waals surface area contributed by atoms with Gasteiger partial charge in [-0.1, -0.05) is 41.9 Å². The molecule has 35 heavy (non-hydrogen) atoms. The van der Waals surface area contributed by atoms with E-state index in [1.165, 1.54) is 17.7 Å². The molecule has 0 aliphatic heterocycles. The SMILES string of the molecule is COCCn1c(N)c(N(Cc2ccccc2)Cc2cc(=O)oc3cc(C)c(Cl)cc23)c(=O)[nH]c1=O. The molecule has 4 rings (SSSR count). The predicted octanol–water partition coefficient (Wildman–Crippen LogP) is 3.04. The second-order valence-electron chi connectivity index (χ2n) is 8.17. The van der Waals surface area contributed by atoms with Gasteiger partial charge in [0.1, 0.15) is 17.1 Å². The number of hydrogen-bond acceptors (Lipinski definition) is 7. The number of methoxy groups -OCH3 is 1. The van der Waals surface area contributed by atoms with Crippen LogP contribution in [-0.4, -0.2) is 23.3 Å². The zero-order chi connectivity index (χ0) is 25.1. The summed E-state index contributed by atoms with van der Waals surface area (Å²) in [5.41, 5.74) is 7.37. The minimum Gasteiger partial charge on any atom is -0.423 e. The third-order valence-electron chi connectivity index (χ3n) is 5.74. The van der Waals surface area contributed by atoms with Crippen LogP contribution >= 0.6 is 11.6 Å². The Hall–Kier alpha value is -3.82. The Morgan fingerprint density at radius 3 is 2.57 bits per heavy atom. The van der Waals surface area contributed by atoms with Crippen molar-refractivity contribution in [1.29, 1.82) is 0 Å². The van der Waals surface area contributed by atoms with Gasteiger partial charge in [0, 0.05) is 36.7 Å². The number of ether oxygens (including phenoxy) is 1. The molecule has 0 radical (unpaired) electrons. The molecule has 0 aliphatic carbocycles. The number of nitrogens with zero attached hydrogens (tertiary/aromatic N) is 2. The molecule has 3 N–H and O–H groups in total. The van der Waals surface area contributed by atoms with Crippen LogP contribution < -0.4 is 27.5 Å². The van der Waals surface area contributed by atoms with Crippen molar-refractivity contribution >= 4 is 34.1 Å². The number of nitrogens with two attached hydrogens (primary N) is 1.